The average Bonchev–Trinajstić information content (AvgIpc) is 3.18. The number of amides is 1. The number of carbonyl (C=O) groups is 2. The third kappa shape index (κ3) is 3.71. The number of nitrogens with zero attached hydrogens (tertiary/aromatic N) is 4. The minimum absolute atomic E-state index is 0.196. The van der Waals surface area contributed by atoms with Crippen LogP contribution in [-0.4, -0.2) is 38.0 Å². The monoisotopic (exact) mass is 396 g/mol. The van der Waals surface area contributed by atoms with Crippen LogP contribution in [0, 0.1) is 13.8 Å². The number of nitrogens with two attached hydrogens (primary N) is 1. The van der Waals surface area contributed by atoms with Crippen molar-refractivity contribution in [3.05, 3.63) is 53.0 Å². The predicted octanol–water partition coefficient (Wildman–Crippen LogP) is 2.72. The minimum Gasteiger partial charge on any atom is -0.462 e. The van der Waals surface area contributed by atoms with E-state index in [1.165, 1.54) is 9.36 Å². The molecular weight excluding hydrogens is 372 g/mol. The highest BCUT2D eigenvalue weighted by Gasteiger charge is 2.27. The Labute approximate surface area is 168 Å². The maximum Gasteiger partial charge on any atom is 0.343 e. The maximum absolute atomic E-state index is 13.1. The summed E-state index contributed by atoms with van der Waals surface area (Å²) < 4.78 is 8.21. The van der Waals surface area contributed by atoms with Crippen molar-refractivity contribution in [1.82, 2.24) is 19.6 Å². The molecule has 0 radical (unpaired) electrons. The number of esters is 1. The van der Waals surface area contributed by atoms with Crippen LogP contribution in [0.1, 0.15) is 46.1 Å². The lowest BCUT2D eigenvalue weighted by Crippen LogP contribution is -2.22. The van der Waals surface area contributed by atoms with Gasteiger partial charge in [-0.3, -0.25) is 9.48 Å². The van der Waals surface area contributed by atoms with E-state index in [-0.39, 0.29) is 23.7 Å². The molecule has 2 aromatic heterocycles. The second-order valence-electron chi connectivity index (χ2n) is 6.39. The molecule has 1 amide bonds. The van der Waals surface area contributed by atoms with E-state index in [4.69, 9.17) is 10.5 Å². The van der Waals surface area contributed by atoms with Gasteiger partial charge in [0.1, 0.15) is 11.3 Å². The lowest BCUT2D eigenvalue weighted by molar-refractivity contribution is 0.0527. The Morgan fingerprint density at radius 2 is 1.79 bits per heavy atom. The number of anilines is 2. The number of benzene rings is 1. The van der Waals surface area contributed by atoms with Gasteiger partial charge in [0.05, 0.1) is 29.4 Å². The molecule has 1 aromatic carbocycles. The molecule has 0 saturated heterocycles. The van der Waals surface area contributed by atoms with Gasteiger partial charge >= 0.3 is 5.97 Å². The Hall–Kier alpha value is -3.62. The molecule has 0 saturated carbocycles. The van der Waals surface area contributed by atoms with Gasteiger partial charge in [-0.1, -0.05) is 18.2 Å². The van der Waals surface area contributed by atoms with Crippen LogP contribution in [-0.2, 0) is 11.3 Å². The number of para-hydroxylation sites is 1. The largest absolute Gasteiger partial charge is 0.462 e. The minimum atomic E-state index is -0.560. The Bertz CT molecular complexity index is 1050. The highest BCUT2D eigenvalue weighted by molar-refractivity contribution is 6.09. The van der Waals surface area contributed by atoms with Crippen molar-refractivity contribution in [3.63, 3.8) is 0 Å². The van der Waals surface area contributed by atoms with E-state index in [1.807, 2.05) is 37.3 Å². The first kappa shape index (κ1) is 20.1. The molecule has 0 aliphatic carbocycles. The Morgan fingerprint density at radius 1 is 1.10 bits per heavy atom. The fourth-order valence-electron chi connectivity index (χ4n) is 3.08. The average molecular weight is 396 g/mol. The molecular formula is C20H24N6O3. The molecule has 0 atom stereocenters. The third-order valence-corrected chi connectivity index (χ3v) is 4.46. The number of nitrogens with one attached hydrogen (secondary N) is 1. The van der Waals surface area contributed by atoms with E-state index in [0.717, 1.165) is 0 Å². The molecule has 9 nitrogen and oxygen atoms in total. The Kier molecular flexibility index (Phi) is 5.67. The van der Waals surface area contributed by atoms with Crippen molar-refractivity contribution in [2.45, 2.75) is 34.2 Å². The van der Waals surface area contributed by atoms with Crippen LogP contribution in [0.2, 0.25) is 0 Å². The molecule has 0 aliphatic heterocycles. The zero-order valence-corrected chi connectivity index (χ0v) is 16.9. The number of carbonyl (C=O) groups excluding carboxylic acids is 2. The topological polar surface area (TPSA) is 117 Å². The van der Waals surface area contributed by atoms with Crippen molar-refractivity contribution in [1.29, 1.82) is 0 Å². The molecule has 152 valence electrons. The van der Waals surface area contributed by atoms with Gasteiger partial charge in [0.15, 0.2) is 5.82 Å². The van der Waals surface area contributed by atoms with Crippen molar-refractivity contribution in [3.8, 4) is 5.69 Å². The zero-order chi connectivity index (χ0) is 21.1. The summed E-state index contributed by atoms with van der Waals surface area (Å²) in [7, 11) is 0. The van der Waals surface area contributed by atoms with E-state index in [0.29, 0.717) is 29.3 Å². The Balaban J connectivity index is 2.12. The van der Waals surface area contributed by atoms with Crippen LogP contribution in [0.25, 0.3) is 5.69 Å². The number of aromatic nitrogens is 4. The van der Waals surface area contributed by atoms with Crippen molar-refractivity contribution < 1.29 is 14.3 Å². The Morgan fingerprint density at radius 3 is 2.41 bits per heavy atom. The molecule has 0 spiro atoms. The maximum atomic E-state index is 13.1. The van der Waals surface area contributed by atoms with E-state index < -0.39 is 11.9 Å². The van der Waals surface area contributed by atoms with E-state index in [2.05, 4.69) is 15.5 Å². The van der Waals surface area contributed by atoms with Crippen LogP contribution in [0.3, 0.4) is 0 Å². The van der Waals surface area contributed by atoms with Crippen LogP contribution in [0.15, 0.2) is 30.3 Å². The first-order valence-electron chi connectivity index (χ1n) is 9.35. The lowest BCUT2D eigenvalue weighted by Gasteiger charge is -2.12. The van der Waals surface area contributed by atoms with Gasteiger partial charge in [0, 0.05) is 6.54 Å². The molecule has 2 heterocycles. The summed E-state index contributed by atoms with van der Waals surface area (Å²) in [6.07, 6.45) is 0. The van der Waals surface area contributed by atoms with Gasteiger partial charge in [0.25, 0.3) is 5.91 Å². The summed E-state index contributed by atoms with van der Waals surface area (Å²) in [6, 6.07) is 9.20. The van der Waals surface area contributed by atoms with E-state index in [1.54, 1.807) is 20.8 Å². The van der Waals surface area contributed by atoms with Gasteiger partial charge in [0.2, 0.25) is 0 Å². The number of rotatable bonds is 6. The number of hydrogen-bond donors (Lipinski definition) is 2. The summed E-state index contributed by atoms with van der Waals surface area (Å²) >= 11 is 0. The van der Waals surface area contributed by atoms with Crippen molar-refractivity contribution in [2.24, 2.45) is 0 Å². The third-order valence-electron chi connectivity index (χ3n) is 4.46. The van der Waals surface area contributed by atoms with E-state index in [9.17, 15) is 9.59 Å². The second-order valence-corrected chi connectivity index (χ2v) is 6.39. The van der Waals surface area contributed by atoms with Gasteiger partial charge in [-0.2, -0.15) is 10.2 Å². The number of ether oxygens (including phenoxy) is 1. The first-order valence-corrected chi connectivity index (χ1v) is 9.35. The molecule has 0 aliphatic rings. The van der Waals surface area contributed by atoms with Crippen LogP contribution >= 0.6 is 0 Å². The molecule has 0 bridgehead atoms. The predicted molar refractivity (Wildman–Crippen MR) is 109 cm³/mol. The number of nitrogen functional groups attached to an aromatic ring is 1. The van der Waals surface area contributed by atoms with Gasteiger partial charge in [-0.15, -0.1) is 0 Å². The molecule has 0 unspecified atom stereocenters. The molecule has 29 heavy (non-hydrogen) atoms. The van der Waals surface area contributed by atoms with Crippen LogP contribution in [0.4, 0.5) is 11.5 Å². The fraction of sp³-hybridized carbons (Fsp3) is 0.300. The number of aryl methyl sites for hydroxylation is 3. The molecule has 3 rings (SSSR count). The summed E-state index contributed by atoms with van der Waals surface area (Å²) in [5, 5.41) is 11.5. The molecule has 9 heteroatoms. The summed E-state index contributed by atoms with van der Waals surface area (Å²) in [5.41, 5.74) is 8.50. The fourth-order valence-corrected chi connectivity index (χ4v) is 3.08. The highest BCUT2D eigenvalue weighted by atomic mass is 16.5. The quantitative estimate of drug-likeness (QED) is 0.619. The van der Waals surface area contributed by atoms with Crippen LogP contribution < -0.4 is 11.1 Å². The standard InChI is InChI=1S/C20H24N6O3/c1-5-25-17(16(21)13(4)23-25)19(27)22-18-15(20(28)29-6-2)12(3)24-26(18)14-10-8-7-9-11-14/h7-11H,5-6,21H2,1-4H3,(H,22,27). The summed E-state index contributed by atoms with van der Waals surface area (Å²) in [6.45, 7) is 7.69. The van der Waals surface area contributed by atoms with Crippen molar-refractivity contribution in [2.75, 3.05) is 17.7 Å². The SMILES string of the molecule is CCOC(=O)c1c(C)nn(-c2ccccc2)c1NC(=O)c1c(N)c(C)nn1CC. The van der Waals surface area contributed by atoms with Gasteiger partial charge < -0.3 is 15.8 Å². The van der Waals surface area contributed by atoms with E-state index >= 15 is 0 Å². The van der Waals surface area contributed by atoms with Gasteiger partial charge in [-0.05, 0) is 39.8 Å². The normalized spacial score (nSPS) is 10.8. The van der Waals surface area contributed by atoms with Crippen LogP contribution in [0.5, 0.6) is 0 Å². The smallest absolute Gasteiger partial charge is 0.343 e. The first-order chi connectivity index (χ1) is 13.9. The highest BCUT2D eigenvalue weighted by Crippen LogP contribution is 2.26. The molecule has 3 aromatic rings. The number of hydrogen-bond acceptors (Lipinski definition) is 6. The van der Waals surface area contributed by atoms with Gasteiger partial charge in [-0.25, -0.2) is 9.48 Å². The molecule has 0 fully saturated rings. The summed E-state index contributed by atoms with van der Waals surface area (Å²) in [5.74, 6) is -0.818. The lowest BCUT2D eigenvalue weighted by atomic mass is 10.2. The zero-order valence-electron chi connectivity index (χ0n) is 16.9. The second kappa shape index (κ2) is 8.17. The summed E-state index contributed by atoms with van der Waals surface area (Å²) in [4.78, 5) is 25.7. The molecule has 3 N–H and O–H groups in total. The van der Waals surface area contributed by atoms with Crippen molar-refractivity contribution >= 4 is 23.4 Å².